The normalized spacial score (nSPS) is 51.7. The lowest BCUT2D eigenvalue weighted by atomic mass is 9.76. The Morgan fingerprint density at radius 3 is 2.67 bits per heavy atom. The summed E-state index contributed by atoms with van der Waals surface area (Å²) in [6.45, 7) is 10.8. The molecule has 134 valence electrons. The lowest BCUT2D eigenvalue weighted by Crippen LogP contribution is -2.54. The molecule has 4 rings (SSSR count). The maximum atomic E-state index is 12.1. The zero-order valence-corrected chi connectivity index (χ0v) is 15.1. The van der Waals surface area contributed by atoms with E-state index in [9.17, 15) is 4.79 Å². The SMILES string of the molecule is C=C1C(=O)O[C@H]2C3OC(C[C@@H]12)[C@@]1(C)CCC(O1)[C@H](C)CCCC3C. The molecule has 0 aliphatic carbocycles. The van der Waals surface area contributed by atoms with Crippen LogP contribution in [0.1, 0.15) is 59.3 Å². The topological polar surface area (TPSA) is 44.8 Å². The largest absolute Gasteiger partial charge is 0.456 e. The van der Waals surface area contributed by atoms with Crippen LogP contribution >= 0.6 is 0 Å². The number of carbonyl (C=O) groups is 1. The van der Waals surface area contributed by atoms with Crippen molar-refractivity contribution in [3.8, 4) is 0 Å². The van der Waals surface area contributed by atoms with Gasteiger partial charge in [0.1, 0.15) is 6.10 Å². The van der Waals surface area contributed by atoms with Crippen molar-refractivity contribution in [3.63, 3.8) is 0 Å². The van der Waals surface area contributed by atoms with Gasteiger partial charge >= 0.3 is 5.97 Å². The van der Waals surface area contributed by atoms with Crippen molar-refractivity contribution in [2.45, 2.75) is 89.3 Å². The molecular weight excluding hydrogens is 304 g/mol. The fourth-order valence-corrected chi connectivity index (χ4v) is 5.25. The maximum absolute atomic E-state index is 12.1. The summed E-state index contributed by atoms with van der Waals surface area (Å²) in [6.07, 6.45) is 6.59. The third kappa shape index (κ3) is 2.53. The van der Waals surface area contributed by atoms with E-state index in [1.54, 1.807) is 0 Å². The second-order valence-corrected chi connectivity index (χ2v) is 8.72. The van der Waals surface area contributed by atoms with Crippen LogP contribution < -0.4 is 0 Å². The summed E-state index contributed by atoms with van der Waals surface area (Å²) in [5.41, 5.74) is 0.380. The van der Waals surface area contributed by atoms with Crippen LogP contribution in [0.15, 0.2) is 12.2 Å². The quantitative estimate of drug-likeness (QED) is 0.501. The summed E-state index contributed by atoms with van der Waals surface area (Å²) >= 11 is 0. The van der Waals surface area contributed by atoms with Crippen molar-refractivity contribution in [2.24, 2.45) is 17.8 Å². The summed E-state index contributed by atoms with van der Waals surface area (Å²) in [5, 5.41) is 0. The number of carbonyl (C=O) groups excluding carboxylic acids is 1. The molecule has 8 atom stereocenters. The first-order chi connectivity index (χ1) is 11.4. The molecule has 0 aromatic carbocycles. The first-order valence-corrected chi connectivity index (χ1v) is 9.62. The lowest BCUT2D eigenvalue weighted by molar-refractivity contribution is -0.216. The van der Waals surface area contributed by atoms with Gasteiger partial charge in [-0.25, -0.2) is 4.79 Å². The molecule has 0 amide bonds. The number of esters is 1. The predicted molar refractivity (Wildman–Crippen MR) is 90.5 cm³/mol. The van der Waals surface area contributed by atoms with Gasteiger partial charge in [0.25, 0.3) is 0 Å². The number of fused-ring (bicyclic) bond motifs is 7. The van der Waals surface area contributed by atoms with Gasteiger partial charge < -0.3 is 14.2 Å². The minimum absolute atomic E-state index is 0.0211. The second-order valence-electron chi connectivity index (χ2n) is 8.72. The summed E-state index contributed by atoms with van der Waals surface area (Å²) in [5.74, 6) is 0.833. The van der Waals surface area contributed by atoms with Crippen LogP contribution in [-0.4, -0.2) is 36.0 Å². The second kappa shape index (κ2) is 5.84. The third-order valence-electron chi connectivity index (χ3n) is 7.00. The summed E-state index contributed by atoms with van der Waals surface area (Å²) in [7, 11) is 0. The Morgan fingerprint density at radius 1 is 1.12 bits per heavy atom. The highest BCUT2D eigenvalue weighted by Gasteiger charge is 2.55. The average Bonchev–Trinajstić information content (AvgIpc) is 3.08. The molecule has 0 aromatic heterocycles. The molecule has 4 heteroatoms. The zero-order chi connectivity index (χ0) is 17.1. The molecule has 4 fully saturated rings. The van der Waals surface area contributed by atoms with Gasteiger partial charge in [-0.1, -0.05) is 26.8 Å². The number of rotatable bonds is 0. The molecule has 4 aliphatic rings. The van der Waals surface area contributed by atoms with Crippen LogP contribution in [0.4, 0.5) is 0 Å². The van der Waals surface area contributed by atoms with E-state index in [0.717, 1.165) is 25.7 Å². The van der Waals surface area contributed by atoms with Crippen LogP contribution in [0.25, 0.3) is 0 Å². The predicted octanol–water partition coefficient (Wildman–Crippen LogP) is 3.64. The molecule has 4 nitrogen and oxygen atoms in total. The number of hydrogen-bond acceptors (Lipinski definition) is 4. The summed E-state index contributed by atoms with van der Waals surface area (Å²) in [4.78, 5) is 12.1. The molecule has 4 saturated heterocycles. The third-order valence-corrected chi connectivity index (χ3v) is 7.00. The standard InChI is InChI=1S/C20H30O4/c1-11-6-5-7-12(2)17-18-14(13(3)19(21)23-18)10-16(22-17)20(4)9-8-15(11)24-20/h11-12,14-18H,3,5-10H2,1-2,4H3/t11-,12?,14+,15?,16?,17?,18-,20-/m1/s1. The molecule has 0 spiro atoms. The Morgan fingerprint density at radius 2 is 1.88 bits per heavy atom. The van der Waals surface area contributed by atoms with Crippen molar-refractivity contribution < 1.29 is 19.0 Å². The van der Waals surface area contributed by atoms with Gasteiger partial charge in [0, 0.05) is 11.5 Å². The molecule has 4 bridgehead atoms. The average molecular weight is 334 g/mol. The Balaban J connectivity index is 1.67. The molecule has 4 aliphatic heterocycles. The van der Waals surface area contributed by atoms with Crippen LogP contribution in [0.2, 0.25) is 0 Å². The van der Waals surface area contributed by atoms with Crippen LogP contribution in [0.5, 0.6) is 0 Å². The molecule has 0 saturated carbocycles. The van der Waals surface area contributed by atoms with E-state index >= 15 is 0 Å². The van der Waals surface area contributed by atoms with Crippen molar-refractivity contribution in [3.05, 3.63) is 12.2 Å². The lowest BCUT2D eigenvalue weighted by Gasteiger charge is -2.45. The van der Waals surface area contributed by atoms with Gasteiger partial charge in [-0.15, -0.1) is 0 Å². The Hall–Kier alpha value is -0.870. The van der Waals surface area contributed by atoms with Crippen molar-refractivity contribution in [1.29, 1.82) is 0 Å². The van der Waals surface area contributed by atoms with Gasteiger partial charge in [0.2, 0.25) is 0 Å². The van der Waals surface area contributed by atoms with E-state index in [2.05, 4.69) is 27.4 Å². The van der Waals surface area contributed by atoms with Gasteiger partial charge in [-0.05, 0) is 50.9 Å². The van der Waals surface area contributed by atoms with E-state index in [-0.39, 0.29) is 35.8 Å². The molecule has 24 heavy (non-hydrogen) atoms. The molecule has 4 heterocycles. The van der Waals surface area contributed by atoms with Crippen LogP contribution in [0, 0.1) is 17.8 Å². The smallest absolute Gasteiger partial charge is 0.334 e. The monoisotopic (exact) mass is 334 g/mol. The molecule has 0 radical (unpaired) electrons. The fourth-order valence-electron chi connectivity index (χ4n) is 5.25. The van der Waals surface area contributed by atoms with Gasteiger partial charge in [0.15, 0.2) is 0 Å². The minimum atomic E-state index is -0.252. The van der Waals surface area contributed by atoms with E-state index in [1.165, 1.54) is 12.8 Å². The van der Waals surface area contributed by atoms with Crippen molar-refractivity contribution in [2.75, 3.05) is 0 Å². The van der Waals surface area contributed by atoms with Crippen LogP contribution in [-0.2, 0) is 19.0 Å². The Kier molecular flexibility index (Phi) is 4.04. The van der Waals surface area contributed by atoms with E-state index in [4.69, 9.17) is 14.2 Å². The zero-order valence-electron chi connectivity index (χ0n) is 15.1. The first-order valence-electron chi connectivity index (χ1n) is 9.62. The van der Waals surface area contributed by atoms with Crippen molar-refractivity contribution >= 4 is 5.97 Å². The van der Waals surface area contributed by atoms with Crippen LogP contribution in [0.3, 0.4) is 0 Å². The Bertz CT molecular complexity index is 544. The number of ether oxygens (including phenoxy) is 3. The van der Waals surface area contributed by atoms with E-state index in [1.807, 2.05) is 0 Å². The van der Waals surface area contributed by atoms with E-state index < -0.39 is 0 Å². The first kappa shape index (κ1) is 16.6. The molecule has 0 N–H and O–H groups in total. The highest BCUT2D eigenvalue weighted by atomic mass is 16.6. The summed E-state index contributed by atoms with van der Waals surface area (Å²) < 4.78 is 18.8. The van der Waals surface area contributed by atoms with Gasteiger partial charge in [-0.3, -0.25) is 0 Å². The molecule has 0 aromatic rings. The molecular formula is C20H30O4. The fraction of sp³-hybridized carbons (Fsp3) is 0.850. The maximum Gasteiger partial charge on any atom is 0.334 e. The highest BCUT2D eigenvalue weighted by Crippen LogP contribution is 2.48. The van der Waals surface area contributed by atoms with E-state index in [0.29, 0.717) is 23.5 Å². The molecule has 4 unspecified atom stereocenters. The van der Waals surface area contributed by atoms with Crippen molar-refractivity contribution in [1.82, 2.24) is 0 Å². The number of hydrogen-bond donors (Lipinski definition) is 0. The Labute approximate surface area is 144 Å². The minimum Gasteiger partial charge on any atom is -0.456 e. The van der Waals surface area contributed by atoms with Gasteiger partial charge in [0.05, 0.1) is 23.9 Å². The van der Waals surface area contributed by atoms with Gasteiger partial charge in [-0.2, -0.15) is 0 Å². The summed E-state index contributed by atoms with van der Waals surface area (Å²) in [6, 6.07) is 0. The highest BCUT2D eigenvalue weighted by molar-refractivity contribution is 5.91.